The Morgan fingerprint density at radius 1 is 1.33 bits per heavy atom. The second kappa shape index (κ2) is 6.46. The number of halogens is 1. The molecule has 1 aromatic heterocycles. The van der Waals surface area contributed by atoms with Gasteiger partial charge in [0, 0.05) is 33.6 Å². The first-order chi connectivity index (χ1) is 9.95. The van der Waals surface area contributed by atoms with Gasteiger partial charge in [0.15, 0.2) is 0 Å². The smallest absolute Gasteiger partial charge is 0.133 e. The maximum atomic E-state index is 10.0. The SMILES string of the molecule is CCOc1c(C(C)O)cc(Cl)c(C)c1-c1ccc(C)nc1. The third-order valence-electron chi connectivity index (χ3n) is 3.44. The highest BCUT2D eigenvalue weighted by Crippen LogP contribution is 2.42. The largest absolute Gasteiger partial charge is 0.493 e. The van der Waals surface area contributed by atoms with Crippen molar-refractivity contribution in [3.63, 3.8) is 0 Å². The third kappa shape index (κ3) is 3.20. The van der Waals surface area contributed by atoms with E-state index in [0.717, 1.165) is 22.4 Å². The van der Waals surface area contributed by atoms with E-state index in [1.165, 1.54) is 0 Å². The van der Waals surface area contributed by atoms with E-state index < -0.39 is 6.10 Å². The normalized spacial score (nSPS) is 12.3. The molecule has 0 aliphatic carbocycles. The molecule has 0 amide bonds. The van der Waals surface area contributed by atoms with Crippen molar-refractivity contribution in [2.24, 2.45) is 0 Å². The van der Waals surface area contributed by atoms with Gasteiger partial charge in [-0.3, -0.25) is 4.98 Å². The van der Waals surface area contributed by atoms with Crippen LogP contribution in [-0.4, -0.2) is 16.7 Å². The van der Waals surface area contributed by atoms with Crippen LogP contribution < -0.4 is 4.74 Å². The molecule has 0 saturated heterocycles. The number of aliphatic hydroxyl groups is 1. The molecule has 1 atom stereocenters. The molecule has 21 heavy (non-hydrogen) atoms. The number of ether oxygens (including phenoxy) is 1. The summed E-state index contributed by atoms with van der Waals surface area (Å²) in [6, 6.07) is 5.72. The summed E-state index contributed by atoms with van der Waals surface area (Å²) in [5.74, 6) is 0.681. The molecule has 0 fully saturated rings. The number of benzene rings is 1. The first-order valence-electron chi connectivity index (χ1n) is 7.02. The van der Waals surface area contributed by atoms with Gasteiger partial charge in [-0.2, -0.15) is 0 Å². The zero-order valence-corrected chi connectivity index (χ0v) is 13.5. The number of pyridine rings is 1. The molecule has 112 valence electrons. The molecule has 2 aromatic rings. The molecule has 0 bridgehead atoms. The third-order valence-corrected chi connectivity index (χ3v) is 3.84. The van der Waals surface area contributed by atoms with Gasteiger partial charge in [-0.25, -0.2) is 0 Å². The van der Waals surface area contributed by atoms with Crippen molar-refractivity contribution in [2.45, 2.75) is 33.8 Å². The molecule has 3 nitrogen and oxygen atoms in total. The van der Waals surface area contributed by atoms with Crippen molar-refractivity contribution < 1.29 is 9.84 Å². The van der Waals surface area contributed by atoms with E-state index >= 15 is 0 Å². The highest BCUT2D eigenvalue weighted by Gasteiger charge is 2.20. The summed E-state index contributed by atoms with van der Waals surface area (Å²) in [4.78, 5) is 4.34. The minimum absolute atomic E-state index is 0.521. The van der Waals surface area contributed by atoms with E-state index in [1.807, 2.05) is 39.1 Å². The Morgan fingerprint density at radius 2 is 2.05 bits per heavy atom. The number of rotatable bonds is 4. The minimum atomic E-state index is -0.651. The number of aliphatic hydroxyl groups excluding tert-OH is 1. The number of hydrogen-bond acceptors (Lipinski definition) is 3. The van der Waals surface area contributed by atoms with E-state index in [0.29, 0.717) is 22.9 Å². The fourth-order valence-electron chi connectivity index (χ4n) is 2.32. The molecule has 2 rings (SSSR count). The Balaban J connectivity index is 2.74. The Labute approximate surface area is 130 Å². The summed E-state index contributed by atoms with van der Waals surface area (Å²) in [7, 11) is 0. The van der Waals surface area contributed by atoms with Crippen molar-refractivity contribution in [1.82, 2.24) is 4.98 Å². The van der Waals surface area contributed by atoms with Gasteiger partial charge in [-0.05, 0) is 45.4 Å². The van der Waals surface area contributed by atoms with Gasteiger partial charge in [0.25, 0.3) is 0 Å². The van der Waals surface area contributed by atoms with Crippen LogP contribution in [0.3, 0.4) is 0 Å². The molecule has 0 aliphatic heterocycles. The lowest BCUT2D eigenvalue weighted by Crippen LogP contribution is -2.04. The van der Waals surface area contributed by atoms with E-state index in [9.17, 15) is 5.11 Å². The van der Waals surface area contributed by atoms with Gasteiger partial charge >= 0.3 is 0 Å². The fraction of sp³-hybridized carbons (Fsp3) is 0.353. The van der Waals surface area contributed by atoms with Crippen LogP contribution in [0.15, 0.2) is 24.4 Å². The Bertz CT molecular complexity index is 636. The van der Waals surface area contributed by atoms with E-state index in [4.69, 9.17) is 16.3 Å². The molecule has 0 saturated carbocycles. The second-order valence-corrected chi connectivity index (χ2v) is 5.48. The second-order valence-electron chi connectivity index (χ2n) is 5.07. The van der Waals surface area contributed by atoms with Crippen LogP contribution in [0, 0.1) is 13.8 Å². The average molecular weight is 306 g/mol. The minimum Gasteiger partial charge on any atom is -0.493 e. The summed E-state index contributed by atoms with van der Waals surface area (Å²) in [5.41, 5.74) is 4.41. The fourth-order valence-corrected chi connectivity index (χ4v) is 2.53. The summed E-state index contributed by atoms with van der Waals surface area (Å²) in [6.07, 6.45) is 1.16. The van der Waals surface area contributed by atoms with Crippen LogP contribution >= 0.6 is 11.6 Å². The van der Waals surface area contributed by atoms with E-state index in [2.05, 4.69) is 4.98 Å². The van der Waals surface area contributed by atoms with Gasteiger partial charge in [0.1, 0.15) is 5.75 Å². The first-order valence-corrected chi connectivity index (χ1v) is 7.40. The molecular weight excluding hydrogens is 286 g/mol. The molecule has 1 aromatic carbocycles. The lowest BCUT2D eigenvalue weighted by Gasteiger charge is -2.20. The van der Waals surface area contributed by atoms with Crippen molar-refractivity contribution in [3.8, 4) is 16.9 Å². The lowest BCUT2D eigenvalue weighted by molar-refractivity contribution is 0.192. The van der Waals surface area contributed by atoms with Gasteiger partial charge in [0.2, 0.25) is 0 Å². The Kier molecular flexibility index (Phi) is 4.86. The topological polar surface area (TPSA) is 42.4 Å². The maximum Gasteiger partial charge on any atom is 0.133 e. The number of aromatic nitrogens is 1. The lowest BCUT2D eigenvalue weighted by atomic mass is 9.95. The van der Waals surface area contributed by atoms with Crippen LogP contribution in [0.25, 0.3) is 11.1 Å². The molecule has 0 spiro atoms. The standard InChI is InChI=1S/C17H20ClNO2/c1-5-21-17-14(12(4)20)8-15(18)11(3)16(17)13-7-6-10(2)19-9-13/h6-9,12,20H,5H2,1-4H3. The molecule has 4 heteroatoms. The van der Waals surface area contributed by atoms with E-state index in [1.54, 1.807) is 13.0 Å². The Morgan fingerprint density at radius 3 is 2.57 bits per heavy atom. The number of nitrogens with zero attached hydrogens (tertiary/aromatic N) is 1. The Hall–Kier alpha value is -1.58. The van der Waals surface area contributed by atoms with Crippen LogP contribution in [0.4, 0.5) is 0 Å². The first kappa shape index (κ1) is 15.8. The zero-order chi connectivity index (χ0) is 15.6. The van der Waals surface area contributed by atoms with Crippen LogP contribution in [0.1, 0.15) is 36.8 Å². The highest BCUT2D eigenvalue weighted by atomic mass is 35.5. The van der Waals surface area contributed by atoms with Crippen LogP contribution in [0.5, 0.6) is 5.75 Å². The highest BCUT2D eigenvalue weighted by molar-refractivity contribution is 6.32. The quantitative estimate of drug-likeness (QED) is 0.906. The van der Waals surface area contributed by atoms with Crippen LogP contribution in [-0.2, 0) is 0 Å². The van der Waals surface area contributed by atoms with Gasteiger partial charge in [-0.15, -0.1) is 0 Å². The van der Waals surface area contributed by atoms with Gasteiger partial charge in [-0.1, -0.05) is 17.7 Å². The van der Waals surface area contributed by atoms with Crippen molar-refractivity contribution in [3.05, 3.63) is 46.2 Å². The summed E-state index contributed by atoms with van der Waals surface area (Å²) < 4.78 is 5.80. The van der Waals surface area contributed by atoms with E-state index in [-0.39, 0.29) is 0 Å². The predicted octanol–water partition coefficient (Wildman–Crippen LogP) is 4.47. The maximum absolute atomic E-state index is 10.0. The zero-order valence-electron chi connectivity index (χ0n) is 12.8. The van der Waals surface area contributed by atoms with Crippen molar-refractivity contribution >= 4 is 11.6 Å². The average Bonchev–Trinajstić information content (AvgIpc) is 2.44. The predicted molar refractivity (Wildman–Crippen MR) is 86.0 cm³/mol. The molecule has 1 N–H and O–H groups in total. The van der Waals surface area contributed by atoms with Crippen molar-refractivity contribution in [2.75, 3.05) is 6.61 Å². The van der Waals surface area contributed by atoms with Gasteiger partial charge in [0.05, 0.1) is 12.7 Å². The molecule has 1 unspecified atom stereocenters. The number of aryl methyl sites for hydroxylation is 1. The van der Waals surface area contributed by atoms with Gasteiger partial charge < -0.3 is 9.84 Å². The molecular formula is C17H20ClNO2. The monoisotopic (exact) mass is 305 g/mol. The summed E-state index contributed by atoms with van der Waals surface area (Å²) in [5, 5.41) is 10.6. The van der Waals surface area contributed by atoms with Crippen molar-refractivity contribution in [1.29, 1.82) is 0 Å². The molecule has 1 heterocycles. The summed E-state index contributed by atoms with van der Waals surface area (Å²) >= 11 is 6.33. The molecule has 0 radical (unpaired) electrons. The number of hydrogen-bond donors (Lipinski definition) is 1. The van der Waals surface area contributed by atoms with Crippen LogP contribution in [0.2, 0.25) is 5.02 Å². The molecule has 0 aliphatic rings. The summed E-state index contributed by atoms with van der Waals surface area (Å²) in [6.45, 7) is 8.05.